The fourth-order valence-corrected chi connectivity index (χ4v) is 3.51. The van der Waals surface area contributed by atoms with E-state index in [4.69, 9.17) is 11.6 Å². The maximum Gasteiger partial charge on any atom is 0.251 e. The molecular weight excluding hydrogens is 334 g/mol. The van der Waals surface area contributed by atoms with E-state index < -0.39 is 0 Å². The molecule has 1 N–H and O–H groups in total. The molecule has 1 unspecified atom stereocenters. The molecule has 1 aliphatic heterocycles. The Balaban J connectivity index is 1.45. The lowest BCUT2D eigenvalue weighted by atomic mass is 10.0. The molecular formula is C20H24ClN3O. The standard InChI is InChI=1S/C20H24ClN3O/c21-19-14-17(10-11-22-19)20(25)23-18-9-5-13-24(15-18)12-4-8-16-6-2-1-3-7-16/h1-3,6-7,10-11,14,18H,4-5,8-9,12-13,15H2,(H,23,25). The number of amides is 1. The number of hydrogen-bond donors (Lipinski definition) is 1. The van der Waals surface area contributed by atoms with Gasteiger partial charge in [0.1, 0.15) is 5.15 Å². The Morgan fingerprint density at radius 2 is 2.12 bits per heavy atom. The van der Waals surface area contributed by atoms with E-state index in [9.17, 15) is 4.79 Å². The fraction of sp³-hybridized carbons (Fsp3) is 0.400. The second kappa shape index (κ2) is 8.97. The average molecular weight is 358 g/mol. The van der Waals surface area contributed by atoms with Crippen molar-refractivity contribution in [1.82, 2.24) is 15.2 Å². The van der Waals surface area contributed by atoms with Crippen molar-refractivity contribution in [3.05, 3.63) is 64.9 Å². The number of piperidine rings is 1. The molecule has 5 heteroatoms. The van der Waals surface area contributed by atoms with Crippen LogP contribution in [-0.2, 0) is 6.42 Å². The third kappa shape index (κ3) is 5.55. The largest absolute Gasteiger partial charge is 0.348 e. The number of benzene rings is 1. The van der Waals surface area contributed by atoms with Crippen LogP contribution in [-0.4, -0.2) is 41.5 Å². The van der Waals surface area contributed by atoms with Gasteiger partial charge in [-0.05, 0) is 56.5 Å². The Hall–Kier alpha value is -1.91. The zero-order valence-corrected chi connectivity index (χ0v) is 15.1. The predicted octanol–water partition coefficient (Wildman–Crippen LogP) is 3.56. The smallest absolute Gasteiger partial charge is 0.251 e. The molecule has 0 aliphatic carbocycles. The molecule has 4 nitrogen and oxygen atoms in total. The Bertz CT molecular complexity index is 692. The van der Waals surface area contributed by atoms with Crippen molar-refractivity contribution in [2.45, 2.75) is 31.7 Å². The van der Waals surface area contributed by atoms with Crippen LogP contribution in [0.15, 0.2) is 48.7 Å². The molecule has 0 bridgehead atoms. The molecule has 2 heterocycles. The van der Waals surface area contributed by atoms with Gasteiger partial charge in [-0.1, -0.05) is 41.9 Å². The van der Waals surface area contributed by atoms with Crippen LogP contribution in [0.5, 0.6) is 0 Å². The predicted molar refractivity (Wildman–Crippen MR) is 101 cm³/mol. The van der Waals surface area contributed by atoms with Crippen LogP contribution in [0.2, 0.25) is 5.15 Å². The van der Waals surface area contributed by atoms with Gasteiger partial charge in [0, 0.05) is 24.3 Å². The highest BCUT2D eigenvalue weighted by Crippen LogP contribution is 2.13. The van der Waals surface area contributed by atoms with E-state index in [1.54, 1.807) is 18.3 Å². The molecule has 25 heavy (non-hydrogen) atoms. The summed E-state index contributed by atoms with van der Waals surface area (Å²) in [6, 6.07) is 14.1. The molecule has 1 aromatic carbocycles. The van der Waals surface area contributed by atoms with E-state index in [2.05, 4.69) is 45.5 Å². The number of nitrogens with one attached hydrogen (secondary N) is 1. The van der Waals surface area contributed by atoms with E-state index in [0.29, 0.717) is 10.7 Å². The number of carbonyl (C=O) groups is 1. The molecule has 2 aromatic rings. The highest BCUT2D eigenvalue weighted by atomic mass is 35.5. The molecule has 1 fully saturated rings. The van der Waals surface area contributed by atoms with Crippen molar-refractivity contribution >= 4 is 17.5 Å². The van der Waals surface area contributed by atoms with Crippen molar-refractivity contribution in [1.29, 1.82) is 0 Å². The van der Waals surface area contributed by atoms with Crippen molar-refractivity contribution in [3.8, 4) is 0 Å². The highest BCUT2D eigenvalue weighted by molar-refractivity contribution is 6.29. The van der Waals surface area contributed by atoms with Crippen LogP contribution in [0.1, 0.15) is 35.2 Å². The number of nitrogens with zero attached hydrogens (tertiary/aromatic N) is 2. The quantitative estimate of drug-likeness (QED) is 0.804. The van der Waals surface area contributed by atoms with E-state index in [1.165, 1.54) is 5.56 Å². The molecule has 0 spiro atoms. The van der Waals surface area contributed by atoms with Gasteiger partial charge in [-0.3, -0.25) is 4.79 Å². The minimum Gasteiger partial charge on any atom is -0.348 e. The van der Waals surface area contributed by atoms with Gasteiger partial charge in [-0.15, -0.1) is 0 Å². The van der Waals surface area contributed by atoms with E-state index in [-0.39, 0.29) is 11.9 Å². The summed E-state index contributed by atoms with van der Waals surface area (Å²) in [7, 11) is 0. The molecule has 132 valence electrons. The number of hydrogen-bond acceptors (Lipinski definition) is 3. The summed E-state index contributed by atoms with van der Waals surface area (Å²) in [5.41, 5.74) is 1.96. The first-order valence-corrected chi connectivity index (χ1v) is 9.27. The Morgan fingerprint density at radius 3 is 2.92 bits per heavy atom. The average Bonchev–Trinajstić information content (AvgIpc) is 2.63. The van der Waals surface area contributed by atoms with Gasteiger partial charge in [0.15, 0.2) is 0 Å². The lowest BCUT2D eigenvalue weighted by Crippen LogP contribution is -2.47. The second-order valence-corrected chi connectivity index (χ2v) is 6.96. The van der Waals surface area contributed by atoms with Crippen LogP contribution in [0.3, 0.4) is 0 Å². The lowest BCUT2D eigenvalue weighted by Gasteiger charge is -2.33. The zero-order chi connectivity index (χ0) is 17.5. The number of aromatic nitrogens is 1. The van der Waals surface area contributed by atoms with Gasteiger partial charge in [-0.2, -0.15) is 0 Å². The third-order valence-electron chi connectivity index (χ3n) is 4.61. The van der Waals surface area contributed by atoms with E-state index in [1.807, 2.05) is 0 Å². The number of carbonyl (C=O) groups excluding carboxylic acids is 1. The molecule has 1 atom stereocenters. The number of halogens is 1. The topological polar surface area (TPSA) is 45.2 Å². The maximum absolute atomic E-state index is 12.4. The minimum atomic E-state index is -0.0690. The summed E-state index contributed by atoms with van der Waals surface area (Å²) in [5.74, 6) is -0.0690. The maximum atomic E-state index is 12.4. The summed E-state index contributed by atoms with van der Waals surface area (Å²) >= 11 is 5.86. The van der Waals surface area contributed by atoms with E-state index >= 15 is 0 Å². The normalized spacial score (nSPS) is 18.0. The Morgan fingerprint density at radius 1 is 1.28 bits per heavy atom. The second-order valence-electron chi connectivity index (χ2n) is 6.57. The first-order valence-electron chi connectivity index (χ1n) is 8.89. The lowest BCUT2D eigenvalue weighted by molar-refractivity contribution is 0.0903. The Labute approximate surface area is 154 Å². The first-order chi connectivity index (χ1) is 12.2. The molecule has 1 aliphatic rings. The molecule has 3 rings (SSSR count). The third-order valence-corrected chi connectivity index (χ3v) is 4.82. The van der Waals surface area contributed by atoms with Gasteiger partial charge < -0.3 is 10.2 Å². The molecule has 1 aromatic heterocycles. The molecule has 0 saturated carbocycles. The SMILES string of the molecule is O=C(NC1CCCN(CCCc2ccccc2)C1)c1ccnc(Cl)c1. The molecule has 0 radical (unpaired) electrons. The van der Waals surface area contributed by atoms with Crippen LogP contribution in [0, 0.1) is 0 Å². The number of likely N-dealkylation sites (tertiary alicyclic amines) is 1. The zero-order valence-electron chi connectivity index (χ0n) is 14.3. The van der Waals surface area contributed by atoms with Gasteiger partial charge in [0.05, 0.1) is 0 Å². The summed E-state index contributed by atoms with van der Waals surface area (Å²) in [4.78, 5) is 18.7. The number of pyridine rings is 1. The van der Waals surface area contributed by atoms with Crippen LogP contribution < -0.4 is 5.32 Å². The summed E-state index contributed by atoms with van der Waals surface area (Å²) in [6.45, 7) is 3.10. The van der Waals surface area contributed by atoms with E-state index in [0.717, 1.165) is 45.3 Å². The molecule has 1 amide bonds. The number of rotatable bonds is 6. The first kappa shape index (κ1) is 17.9. The minimum absolute atomic E-state index is 0.0690. The Kier molecular flexibility index (Phi) is 6.42. The highest BCUT2D eigenvalue weighted by Gasteiger charge is 2.21. The van der Waals surface area contributed by atoms with Crippen molar-refractivity contribution < 1.29 is 4.79 Å². The van der Waals surface area contributed by atoms with Crippen molar-refractivity contribution in [2.24, 2.45) is 0 Å². The summed E-state index contributed by atoms with van der Waals surface area (Å²) < 4.78 is 0. The van der Waals surface area contributed by atoms with Crippen molar-refractivity contribution in [2.75, 3.05) is 19.6 Å². The van der Waals surface area contributed by atoms with Gasteiger partial charge in [-0.25, -0.2) is 4.98 Å². The van der Waals surface area contributed by atoms with Crippen molar-refractivity contribution in [3.63, 3.8) is 0 Å². The van der Waals surface area contributed by atoms with Crippen LogP contribution in [0.4, 0.5) is 0 Å². The van der Waals surface area contributed by atoms with Gasteiger partial charge in [0.2, 0.25) is 0 Å². The van der Waals surface area contributed by atoms with Crippen LogP contribution >= 0.6 is 11.6 Å². The van der Waals surface area contributed by atoms with Crippen LogP contribution in [0.25, 0.3) is 0 Å². The monoisotopic (exact) mass is 357 g/mol. The van der Waals surface area contributed by atoms with Gasteiger partial charge >= 0.3 is 0 Å². The summed E-state index contributed by atoms with van der Waals surface area (Å²) in [6.07, 6.45) is 5.95. The fourth-order valence-electron chi connectivity index (χ4n) is 3.34. The van der Waals surface area contributed by atoms with Gasteiger partial charge in [0.25, 0.3) is 5.91 Å². The number of aryl methyl sites for hydroxylation is 1. The molecule has 1 saturated heterocycles. The summed E-state index contributed by atoms with van der Waals surface area (Å²) in [5, 5.41) is 3.48.